The van der Waals surface area contributed by atoms with Crippen molar-refractivity contribution in [3.05, 3.63) is 11.3 Å². The molecule has 0 radical (unpaired) electrons. The molecule has 6 heteroatoms. The fourth-order valence-electron chi connectivity index (χ4n) is 2.04. The summed E-state index contributed by atoms with van der Waals surface area (Å²) in [5, 5.41) is 0. The first-order valence-corrected chi connectivity index (χ1v) is 5.20. The van der Waals surface area contributed by atoms with Crippen LogP contribution in [-0.2, 0) is 9.53 Å². The van der Waals surface area contributed by atoms with Gasteiger partial charge in [0, 0.05) is 5.57 Å². The summed E-state index contributed by atoms with van der Waals surface area (Å²) in [6.45, 7) is 1.82. The molecule has 0 aromatic heterocycles. The van der Waals surface area contributed by atoms with Crippen LogP contribution in [0.3, 0.4) is 0 Å². The lowest BCUT2D eigenvalue weighted by Gasteiger charge is -2.26. The van der Waals surface area contributed by atoms with E-state index in [0.29, 0.717) is 11.6 Å². The van der Waals surface area contributed by atoms with E-state index in [1.807, 2.05) is 6.92 Å². The molecule has 0 fully saturated rings. The van der Waals surface area contributed by atoms with Crippen molar-refractivity contribution in [2.75, 3.05) is 21.2 Å². The number of dihydropyridines is 1. The summed E-state index contributed by atoms with van der Waals surface area (Å²) in [5.41, 5.74) is 0.797. The third-order valence-electron chi connectivity index (χ3n) is 3.01. The SMILES string of the molecule is COC1=C(C)C=NC2=[N+](C)C(=O)N(C)C(=O)C12. The van der Waals surface area contributed by atoms with Gasteiger partial charge in [0.1, 0.15) is 12.0 Å². The van der Waals surface area contributed by atoms with Crippen LogP contribution in [-0.4, -0.2) is 54.7 Å². The van der Waals surface area contributed by atoms with Gasteiger partial charge in [-0.25, -0.2) is 4.79 Å². The molecule has 0 aromatic rings. The Labute approximate surface area is 98.9 Å². The molecule has 1 atom stereocenters. The van der Waals surface area contributed by atoms with E-state index in [4.69, 9.17) is 4.74 Å². The maximum Gasteiger partial charge on any atom is 0.445 e. The third-order valence-corrected chi connectivity index (χ3v) is 3.01. The zero-order valence-electron chi connectivity index (χ0n) is 10.2. The van der Waals surface area contributed by atoms with Gasteiger partial charge in [-0.3, -0.25) is 4.79 Å². The van der Waals surface area contributed by atoms with Gasteiger partial charge in [0.15, 0.2) is 5.92 Å². The number of methoxy groups -OCH3 is 1. The van der Waals surface area contributed by atoms with Crippen LogP contribution in [0.15, 0.2) is 16.3 Å². The van der Waals surface area contributed by atoms with Crippen LogP contribution in [0.25, 0.3) is 0 Å². The highest BCUT2D eigenvalue weighted by Gasteiger charge is 2.48. The molecule has 2 aliphatic heterocycles. The quantitative estimate of drug-likeness (QED) is 0.613. The van der Waals surface area contributed by atoms with Gasteiger partial charge in [-0.15, -0.1) is 4.99 Å². The van der Waals surface area contributed by atoms with Gasteiger partial charge >= 0.3 is 11.9 Å². The Hall–Kier alpha value is -1.98. The van der Waals surface area contributed by atoms with Crippen molar-refractivity contribution < 1.29 is 18.9 Å². The lowest BCUT2D eigenvalue weighted by molar-refractivity contribution is -0.407. The van der Waals surface area contributed by atoms with Crippen molar-refractivity contribution in [1.29, 1.82) is 0 Å². The van der Waals surface area contributed by atoms with E-state index in [9.17, 15) is 9.59 Å². The first-order chi connectivity index (χ1) is 7.99. The summed E-state index contributed by atoms with van der Waals surface area (Å²) in [6, 6.07) is -0.381. The third kappa shape index (κ3) is 1.48. The molecule has 90 valence electrons. The smallest absolute Gasteiger partial charge is 0.445 e. The van der Waals surface area contributed by atoms with Crippen LogP contribution in [0, 0.1) is 5.92 Å². The number of amidine groups is 1. The first kappa shape index (κ1) is 11.5. The van der Waals surface area contributed by atoms with Gasteiger partial charge in [0.25, 0.3) is 5.84 Å². The number of ether oxygens (including phenoxy) is 1. The van der Waals surface area contributed by atoms with Gasteiger partial charge in [0.05, 0.1) is 21.2 Å². The molecule has 17 heavy (non-hydrogen) atoms. The summed E-state index contributed by atoms with van der Waals surface area (Å²) in [5.74, 6) is 0.0422. The molecule has 0 N–H and O–H groups in total. The van der Waals surface area contributed by atoms with Gasteiger partial charge in [0.2, 0.25) is 0 Å². The largest absolute Gasteiger partial charge is 0.499 e. The number of rotatable bonds is 1. The van der Waals surface area contributed by atoms with Crippen molar-refractivity contribution in [3.8, 4) is 0 Å². The van der Waals surface area contributed by atoms with Crippen LogP contribution >= 0.6 is 0 Å². The summed E-state index contributed by atoms with van der Waals surface area (Å²) in [4.78, 5) is 29.1. The maximum absolute atomic E-state index is 12.1. The van der Waals surface area contributed by atoms with E-state index >= 15 is 0 Å². The Morgan fingerprint density at radius 2 is 2.12 bits per heavy atom. The Kier molecular flexibility index (Phi) is 2.57. The molecule has 2 rings (SSSR count). The highest BCUT2D eigenvalue weighted by molar-refractivity contribution is 6.15. The summed E-state index contributed by atoms with van der Waals surface area (Å²) >= 11 is 0. The molecule has 2 heterocycles. The predicted molar refractivity (Wildman–Crippen MR) is 61.0 cm³/mol. The fraction of sp³-hybridized carbons (Fsp3) is 0.455. The number of amides is 3. The molecule has 6 nitrogen and oxygen atoms in total. The normalized spacial score (nSPS) is 24.5. The highest BCUT2D eigenvalue weighted by atomic mass is 16.5. The number of carbonyl (C=O) groups excluding carboxylic acids is 2. The number of aliphatic imine (C=N–C) groups is 1. The average Bonchev–Trinajstić information content (AvgIpc) is 2.33. The van der Waals surface area contributed by atoms with Gasteiger partial charge in [-0.2, -0.15) is 9.48 Å². The first-order valence-electron chi connectivity index (χ1n) is 5.20. The van der Waals surface area contributed by atoms with E-state index in [-0.39, 0.29) is 11.9 Å². The second kappa shape index (κ2) is 3.80. The summed E-state index contributed by atoms with van der Waals surface area (Å²) < 4.78 is 6.63. The van der Waals surface area contributed by atoms with E-state index in [1.54, 1.807) is 13.3 Å². The number of fused-ring (bicyclic) bond motifs is 1. The van der Waals surface area contributed by atoms with Gasteiger partial charge in [-0.1, -0.05) is 0 Å². The monoisotopic (exact) mass is 236 g/mol. The van der Waals surface area contributed by atoms with Crippen molar-refractivity contribution >= 4 is 24.0 Å². The molecule has 1 unspecified atom stereocenters. The van der Waals surface area contributed by atoms with Gasteiger partial charge < -0.3 is 4.74 Å². The minimum atomic E-state index is -0.613. The number of hydrogen-bond donors (Lipinski definition) is 0. The van der Waals surface area contributed by atoms with Crippen molar-refractivity contribution in [3.63, 3.8) is 0 Å². The van der Waals surface area contributed by atoms with Crippen molar-refractivity contribution in [2.24, 2.45) is 10.9 Å². The number of hydrogen-bond acceptors (Lipinski definition) is 4. The molecule has 0 saturated heterocycles. The Bertz CT molecular complexity index is 502. The maximum atomic E-state index is 12.1. The molecule has 0 bridgehead atoms. The van der Waals surface area contributed by atoms with Crippen LogP contribution in [0.2, 0.25) is 0 Å². The summed E-state index contributed by atoms with van der Waals surface area (Å²) in [7, 11) is 4.57. The van der Waals surface area contributed by atoms with E-state index in [0.717, 1.165) is 10.5 Å². The minimum absolute atomic E-state index is 0.309. The zero-order chi connectivity index (χ0) is 12.7. The lowest BCUT2D eigenvalue weighted by Crippen LogP contribution is -2.53. The lowest BCUT2D eigenvalue weighted by atomic mass is 9.96. The summed E-state index contributed by atoms with van der Waals surface area (Å²) in [6.07, 6.45) is 1.60. The topological polar surface area (TPSA) is 62.0 Å². The number of nitrogens with zero attached hydrogens (tertiary/aromatic N) is 3. The second-order valence-electron chi connectivity index (χ2n) is 4.04. The van der Waals surface area contributed by atoms with Crippen molar-refractivity contribution in [1.82, 2.24) is 4.90 Å². The molecule has 0 saturated carbocycles. The average molecular weight is 236 g/mol. The zero-order valence-corrected chi connectivity index (χ0v) is 10.2. The van der Waals surface area contributed by atoms with Crippen LogP contribution < -0.4 is 0 Å². The Balaban J connectivity index is 2.63. The van der Waals surface area contributed by atoms with E-state index in [1.165, 1.54) is 18.7 Å². The Morgan fingerprint density at radius 1 is 1.47 bits per heavy atom. The number of urea groups is 1. The number of imide groups is 1. The molecule has 0 spiro atoms. The number of allylic oxidation sites excluding steroid dienone is 1. The van der Waals surface area contributed by atoms with Crippen LogP contribution in [0.4, 0.5) is 4.79 Å². The van der Waals surface area contributed by atoms with E-state index < -0.39 is 5.92 Å². The molecule has 0 aromatic carbocycles. The molecular weight excluding hydrogens is 222 g/mol. The van der Waals surface area contributed by atoms with Gasteiger partial charge in [-0.05, 0) is 6.92 Å². The predicted octanol–water partition coefficient (Wildman–Crippen LogP) is 0.240. The molecule has 3 amide bonds. The van der Waals surface area contributed by atoms with E-state index in [2.05, 4.69) is 4.99 Å². The standard InChI is InChI=1S/C11H14N3O3/c1-6-5-12-9-7(8(6)17-4)10(15)14(3)11(16)13(9)2/h5,7H,1-4H3/q+1. The highest BCUT2D eigenvalue weighted by Crippen LogP contribution is 2.26. The molecule has 0 aliphatic carbocycles. The number of carbonyl (C=O) groups is 2. The molecule has 2 aliphatic rings. The molecular formula is C11H14N3O3+. The second-order valence-corrected chi connectivity index (χ2v) is 4.04. The van der Waals surface area contributed by atoms with Crippen LogP contribution in [0.1, 0.15) is 6.92 Å². The fourth-order valence-corrected chi connectivity index (χ4v) is 2.04. The van der Waals surface area contributed by atoms with Crippen LogP contribution in [0.5, 0.6) is 0 Å². The van der Waals surface area contributed by atoms with Crippen molar-refractivity contribution in [2.45, 2.75) is 6.92 Å². The minimum Gasteiger partial charge on any atom is -0.499 e. The Morgan fingerprint density at radius 3 is 2.71 bits per heavy atom.